The van der Waals surface area contributed by atoms with Crippen molar-refractivity contribution < 1.29 is 0 Å². The largest absolute Gasteiger partial charge is 0.398 e. The first-order chi connectivity index (χ1) is 8.25. The van der Waals surface area contributed by atoms with E-state index in [1.165, 1.54) is 0 Å². The molecule has 3 aromatic heterocycles. The van der Waals surface area contributed by atoms with E-state index < -0.39 is 0 Å². The van der Waals surface area contributed by atoms with Crippen LogP contribution in [0.4, 0.5) is 5.69 Å². The summed E-state index contributed by atoms with van der Waals surface area (Å²) in [6.45, 7) is 2.00. The average molecular weight is 225 g/mol. The van der Waals surface area contributed by atoms with Crippen LogP contribution in [0.15, 0.2) is 36.7 Å². The molecule has 0 amide bonds. The van der Waals surface area contributed by atoms with E-state index in [-0.39, 0.29) is 0 Å². The minimum atomic E-state index is 0.673. The number of anilines is 1. The van der Waals surface area contributed by atoms with Gasteiger partial charge in [-0.3, -0.25) is 9.38 Å². The number of hydrogen-bond donors (Lipinski definition) is 1. The molecule has 0 atom stereocenters. The maximum absolute atomic E-state index is 5.77. The molecule has 0 bridgehead atoms. The van der Waals surface area contributed by atoms with Gasteiger partial charge in [0, 0.05) is 18.1 Å². The summed E-state index contributed by atoms with van der Waals surface area (Å²) in [6, 6.07) is 7.54. The van der Waals surface area contributed by atoms with Gasteiger partial charge in [0.2, 0.25) is 0 Å². The van der Waals surface area contributed by atoms with E-state index in [0.717, 1.165) is 16.9 Å². The third-order valence-electron chi connectivity index (χ3n) is 2.65. The van der Waals surface area contributed by atoms with E-state index in [2.05, 4.69) is 15.2 Å². The predicted molar refractivity (Wildman–Crippen MR) is 65.4 cm³/mol. The Hall–Kier alpha value is -2.43. The Bertz CT molecular complexity index is 686. The lowest BCUT2D eigenvalue weighted by atomic mass is 10.2. The van der Waals surface area contributed by atoms with Crippen molar-refractivity contribution in [3.8, 4) is 11.5 Å². The Morgan fingerprint density at radius 2 is 2.06 bits per heavy atom. The van der Waals surface area contributed by atoms with Crippen molar-refractivity contribution in [2.45, 2.75) is 6.92 Å². The fourth-order valence-corrected chi connectivity index (χ4v) is 1.79. The number of aryl methyl sites for hydroxylation is 1. The lowest BCUT2D eigenvalue weighted by molar-refractivity contribution is 1.08. The van der Waals surface area contributed by atoms with Crippen molar-refractivity contribution in [1.29, 1.82) is 0 Å². The molecule has 3 rings (SSSR count). The molecule has 0 aromatic carbocycles. The molecule has 0 spiro atoms. The summed E-state index contributed by atoms with van der Waals surface area (Å²) in [7, 11) is 0. The smallest absolute Gasteiger partial charge is 0.187 e. The molecule has 0 fully saturated rings. The van der Waals surface area contributed by atoms with Crippen LogP contribution in [0.25, 0.3) is 17.2 Å². The highest BCUT2D eigenvalue weighted by atomic mass is 15.3. The molecular weight excluding hydrogens is 214 g/mol. The molecule has 84 valence electrons. The van der Waals surface area contributed by atoms with Crippen molar-refractivity contribution in [3.63, 3.8) is 0 Å². The minimum Gasteiger partial charge on any atom is -0.398 e. The normalized spacial score (nSPS) is 10.9. The number of hydrogen-bond acceptors (Lipinski definition) is 4. The molecule has 3 aromatic rings. The zero-order valence-electron chi connectivity index (χ0n) is 9.33. The highest BCUT2D eigenvalue weighted by Gasteiger charge is 2.11. The number of fused-ring (bicyclic) bond motifs is 1. The highest BCUT2D eigenvalue weighted by molar-refractivity contribution is 5.60. The molecule has 2 N–H and O–H groups in total. The number of rotatable bonds is 1. The quantitative estimate of drug-likeness (QED) is 0.684. The molecule has 0 radical (unpaired) electrons. The Morgan fingerprint density at radius 1 is 1.18 bits per heavy atom. The second-order valence-electron chi connectivity index (χ2n) is 3.88. The SMILES string of the molecule is Cc1cccnc1-c1nnc2ccc(N)cn12. The second kappa shape index (κ2) is 3.55. The van der Waals surface area contributed by atoms with Crippen LogP contribution in [0, 0.1) is 6.92 Å². The zero-order valence-corrected chi connectivity index (χ0v) is 9.33. The van der Waals surface area contributed by atoms with E-state index in [9.17, 15) is 0 Å². The molecule has 17 heavy (non-hydrogen) atoms. The number of pyridine rings is 2. The number of nitrogens with two attached hydrogens (primary N) is 1. The van der Waals surface area contributed by atoms with Gasteiger partial charge in [0.25, 0.3) is 0 Å². The van der Waals surface area contributed by atoms with Gasteiger partial charge in [0.15, 0.2) is 11.5 Å². The summed E-state index contributed by atoms with van der Waals surface area (Å²) < 4.78 is 1.85. The minimum absolute atomic E-state index is 0.673. The van der Waals surface area contributed by atoms with Crippen molar-refractivity contribution in [2.75, 3.05) is 5.73 Å². The second-order valence-corrected chi connectivity index (χ2v) is 3.88. The van der Waals surface area contributed by atoms with Crippen LogP contribution in [0.3, 0.4) is 0 Å². The van der Waals surface area contributed by atoms with Crippen molar-refractivity contribution in [2.24, 2.45) is 0 Å². The Kier molecular flexibility index (Phi) is 2.04. The summed E-state index contributed by atoms with van der Waals surface area (Å²) in [4.78, 5) is 4.34. The molecule has 5 heteroatoms. The molecule has 0 unspecified atom stereocenters. The molecule has 0 saturated heterocycles. The molecule has 5 nitrogen and oxygen atoms in total. The van der Waals surface area contributed by atoms with Gasteiger partial charge in [0.05, 0.1) is 0 Å². The highest BCUT2D eigenvalue weighted by Crippen LogP contribution is 2.20. The Morgan fingerprint density at radius 3 is 2.88 bits per heavy atom. The van der Waals surface area contributed by atoms with Gasteiger partial charge in [-0.1, -0.05) is 6.07 Å². The predicted octanol–water partition coefficient (Wildman–Crippen LogP) is 1.68. The molecule has 0 saturated carbocycles. The van der Waals surface area contributed by atoms with Gasteiger partial charge in [-0.25, -0.2) is 0 Å². The monoisotopic (exact) mass is 225 g/mol. The van der Waals surface area contributed by atoms with E-state index in [4.69, 9.17) is 5.73 Å². The van der Waals surface area contributed by atoms with E-state index in [0.29, 0.717) is 11.5 Å². The Balaban J connectivity index is 2.31. The Labute approximate surface area is 97.9 Å². The molecular formula is C12H11N5. The molecule has 0 aliphatic heterocycles. The first kappa shape index (κ1) is 9.77. The van der Waals surface area contributed by atoms with Crippen LogP contribution in [0.5, 0.6) is 0 Å². The fourth-order valence-electron chi connectivity index (χ4n) is 1.79. The average Bonchev–Trinajstić information content (AvgIpc) is 2.72. The maximum Gasteiger partial charge on any atom is 0.187 e. The van der Waals surface area contributed by atoms with Gasteiger partial charge >= 0.3 is 0 Å². The fraction of sp³-hybridized carbons (Fsp3) is 0.0833. The van der Waals surface area contributed by atoms with Gasteiger partial charge < -0.3 is 5.73 Å². The van der Waals surface area contributed by atoms with Crippen LogP contribution in [-0.2, 0) is 0 Å². The summed E-state index contributed by atoms with van der Waals surface area (Å²) >= 11 is 0. The van der Waals surface area contributed by atoms with Crippen molar-refractivity contribution >= 4 is 11.3 Å². The number of nitrogens with zero attached hydrogens (tertiary/aromatic N) is 4. The van der Waals surface area contributed by atoms with Crippen LogP contribution in [0.1, 0.15) is 5.56 Å². The van der Waals surface area contributed by atoms with Crippen LogP contribution in [0.2, 0.25) is 0 Å². The zero-order chi connectivity index (χ0) is 11.8. The number of nitrogen functional groups attached to an aromatic ring is 1. The molecule has 0 aliphatic carbocycles. The summed E-state index contributed by atoms with van der Waals surface area (Å²) in [5.41, 5.74) is 9.09. The third kappa shape index (κ3) is 1.52. The lowest BCUT2D eigenvalue weighted by Gasteiger charge is -2.02. The van der Waals surface area contributed by atoms with Gasteiger partial charge in [-0.15, -0.1) is 10.2 Å². The van der Waals surface area contributed by atoms with Crippen molar-refractivity contribution in [1.82, 2.24) is 19.6 Å². The van der Waals surface area contributed by atoms with E-state index in [1.807, 2.05) is 29.5 Å². The summed E-state index contributed by atoms with van der Waals surface area (Å²) in [6.07, 6.45) is 3.55. The number of aromatic nitrogens is 4. The van der Waals surface area contributed by atoms with Crippen LogP contribution < -0.4 is 5.73 Å². The molecule has 3 heterocycles. The van der Waals surface area contributed by atoms with Crippen LogP contribution >= 0.6 is 0 Å². The summed E-state index contributed by atoms with van der Waals surface area (Å²) in [5, 5.41) is 8.26. The van der Waals surface area contributed by atoms with E-state index in [1.54, 1.807) is 18.5 Å². The molecule has 0 aliphatic rings. The van der Waals surface area contributed by atoms with Gasteiger partial charge in [-0.05, 0) is 30.7 Å². The maximum atomic E-state index is 5.77. The standard InChI is InChI=1S/C12H11N5/c1-8-3-2-6-14-11(8)12-16-15-10-5-4-9(13)7-17(10)12/h2-7H,13H2,1H3. The van der Waals surface area contributed by atoms with Gasteiger partial charge in [0.1, 0.15) is 5.69 Å². The first-order valence-corrected chi connectivity index (χ1v) is 5.28. The van der Waals surface area contributed by atoms with E-state index >= 15 is 0 Å². The topological polar surface area (TPSA) is 69.1 Å². The summed E-state index contributed by atoms with van der Waals surface area (Å²) in [5.74, 6) is 0.713. The lowest BCUT2D eigenvalue weighted by Crippen LogP contribution is -1.96. The van der Waals surface area contributed by atoms with Crippen LogP contribution in [-0.4, -0.2) is 19.6 Å². The third-order valence-corrected chi connectivity index (χ3v) is 2.65. The first-order valence-electron chi connectivity index (χ1n) is 5.28. The van der Waals surface area contributed by atoms with Gasteiger partial charge in [-0.2, -0.15) is 0 Å². The van der Waals surface area contributed by atoms with Crippen molar-refractivity contribution in [3.05, 3.63) is 42.2 Å².